The molecule has 0 spiro atoms. The van der Waals surface area contributed by atoms with E-state index in [0.717, 1.165) is 12.8 Å². The highest BCUT2D eigenvalue weighted by Gasteiger charge is 2.32. The fourth-order valence-electron chi connectivity index (χ4n) is 2.15. The maximum atomic E-state index is 12.2. The number of hydrogen-bond acceptors (Lipinski definition) is 4. The summed E-state index contributed by atoms with van der Waals surface area (Å²) in [6, 6.07) is 4.90. The lowest BCUT2D eigenvalue weighted by molar-refractivity contribution is -0.387. The minimum Gasteiger partial charge on any atom is -0.258 e. The van der Waals surface area contributed by atoms with Gasteiger partial charge in [0, 0.05) is 17.5 Å². The first-order valence-electron chi connectivity index (χ1n) is 5.81. The summed E-state index contributed by atoms with van der Waals surface area (Å²) in [6.07, 6.45) is 2.23. The number of hydrogen-bond donors (Lipinski definition) is 1. The summed E-state index contributed by atoms with van der Waals surface area (Å²) >= 11 is 6.01. The third-order valence-corrected chi connectivity index (χ3v) is 5.15. The SMILES string of the molecule is O=[N+]([O-])c1ccccc1S(=O)(=O)NC1CCCC1Cl. The molecule has 104 valence electrons. The molecule has 1 N–H and O–H groups in total. The molecule has 0 amide bonds. The average molecular weight is 305 g/mol. The van der Waals surface area contributed by atoms with Crippen molar-refractivity contribution in [1.29, 1.82) is 0 Å². The summed E-state index contributed by atoms with van der Waals surface area (Å²) in [7, 11) is -3.93. The van der Waals surface area contributed by atoms with Crippen molar-refractivity contribution in [2.24, 2.45) is 0 Å². The van der Waals surface area contributed by atoms with Crippen molar-refractivity contribution in [3.05, 3.63) is 34.4 Å². The normalized spacial score (nSPS) is 23.4. The molecule has 0 radical (unpaired) electrons. The monoisotopic (exact) mass is 304 g/mol. The van der Waals surface area contributed by atoms with Gasteiger partial charge in [0.1, 0.15) is 0 Å². The molecule has 0 saturated heterocycles. The first-order valence-corrected chi connectivity index (χ1v) is 7.73. The second-order valence-electron chi connectivity index (χ2n) is 4.40. The first-order chi connectivity index (χ1) is 8.92. The van der Waals surface area contributed by atoms with Crippen LogP contribution in [0.25, 0.3) is 0 Å². The van der Waals surface area contributed by atoms with E-state index in [1.165, 1.54) is 24.3 Å². The molecule has 1 fully saturated rings. The number of sulfonamides is 1. The van der Waals surface area contributed by atoms with Gasteiger partial charge in [-0.2, -0.15) is 0 Å². The van der Waals surface area contributed by atoms with Crippen molar-refractivity contribution < 1.29 is 13.3 Å². The summed E-state index contributed by atoms with van der Waals surface area (Å²) < 4.78 is 26.8. The molecule has 2 unspecified atom stereocenters. The summed E-state index contributed by atoms with van der Waals surface area (Å²) in [4.78, 5) is 9.83. The largest absolute Gasteiger partial charge is 0.289 e. The van der Waals surface area contributed by atoms with E-state index in [1.807, 2.05) is 0 Å². The van der Waals surface area contributed by atoms with E-state index in [0.29, 0.717) is 6.42 Å². The van der Waals surface area contributed by atoms with Gasteiger partial charge in [-0.25, -0.2) is 13.1 Å². The van der Waals surface area contributed by atoms with Crippen LogP contribution in [-0.2, 0) is 10.0 Å². The number of halogens is 1. The maximum Gasteiger partial charge on any atom is 0.289 e. The molecule has 2 atom stereocenters. The Morgan fingerprint density at radius 1 is 1.32 bits per heavy atom. The van der Waals surface area contributed by atoms with Gasteiger partial charge in [0.15, 0.2) is 4.90 Å². The molecule has 1 aromatic rings. The molecule has 2 rings (SSSR count). The van der Waals surface area contributed by atoms with E-state index in [2.05, 4.69) is 4.72 Å². The smallest absolute Gasteiger partial charge is 0.258 e. The lowest BCUT2D eigenvalue weighted by Gasteiger charge is -2.15. The molecule has 6 nitrogen and oxygen atoms in total. The summed E-state index contributed by atoms with van der Waals surface area (Å²) in [5, 5.41) is 10.6. The highest BCUT2D eigenvalue weighted by molar-refractivity contribution is 7.89. The third kappa shape index (κ3) is 3.05. The molecular formula is C11H13ClN2O4S. The Hall–Kier alpha value is -1.18. The van der Waals surface area contributed by atoms with Crippen LogP contribution in [0.4, 0.5) is 5.69 Å². The van der Waals surface area contributed by atoms with Gasteiger partial charge in [-0.3, -0.25) is 10.1 Å². The number of para-hydroxylation sites is 1. The minimum atomic E-state index is -3.93. The fraction of sp³-hybridized carbons (Fsp3) is 0.455. The van der Waals surface area contributed by atoms with Crippen molar-refractivity contribution >= 4 is 27.3 Å². The number of rotatable bonds is 4. The zero-order chi connectivity index (χ0) is 14.0. The standard InChI is InChI=1S/C11H13ClN2O4S/c12-8-4-3-5-9(8)13-19(17,18)11-7-2-1-6-10(11)14(15)16/h1-2,6-9,13H,3-5H2. The van der Waals surface area contributed by atoms with Gasteiger partial charge in [0.25, 0.3) is 5.69 Å². The van der Waals surface area contributed by atoms with Crippen LogP contribution < -0.4 is 4.72 Å². The van der Waals surface area contributed by atoms with Crippen LogP contribution in [-0.4, -0.2) is 24.8 Å². The van der Waals surface area contributed by atoms with E-state index in [1.54, 1.807) is 0 Å². The fourth-order valence-corrected chi connectivity index (χ4v) is 4.05. The summed E-state index contributed by atoms with van der Waals surface area (Å²) in [5.74, 6) is 0. The van der Waals surface area contributed by atoms with Crippen LogP contribution in [0.1, 0.15) is 19.3 Å². The number of benzene rings is 1. The number of nitrogens with zero attached hydrogens (tertiary/aromatic N) is 1. The van der Waals surface area contributed by atoms with Gasteiger partial charge in [-0.1, -0.05) is 18.6 Å². The van der Waals surface area contributed by atoms with Crippen molar-refractivity contribution in [3.8, 4) is 0 Å². The lowest BCUT2D eigenvalue weighted by atomic mass is 10.3. The Morgan fingerprint density at radius 2 is 2.00 bits per heavy atom. The van der Waals surface area contributed by atoms with E-state index in [-0.39, 0.29) is 16.3 Å². The molecule has 0 aromatic heterocycles. The molecule has 1 aliphatic rings. The number of nitro groups is 1. The molecule has 19 heavy (non-hydrogen) atoms. The Kier molecular flexibility index (Phi) is 4.07. The molecular weight excluding hydrogens is 292 g/mol. The van der Waals surface area contributed by atoms with Crippen molar-refractivity contribution in [2.45, 2.75) is 35.6 Å². The summed E-state index contributed by atoms with van der Waals surface area (Å²) in [5.41, 5.74) is -0.431. The highest BCUT2D eigenvalue weighted by Crippen LogP contribution is 2.28. The summed E-state index contributed by atoms with van der Waals surface area (Å²) in [6.45, 7) is 0. The third-order valence-electron chi connectivity index (χ3n) is 3.09. The second-order valence-corrected chi connectivity index (χ2v) is 6.64. The quantitative estimate of drug-likeness (QED) is 0.523. The van der Waals surface area contributed by atoms with Crippen LogP contribution in [0.5, 0.6) is 0 Å². The Balaban J connectivity index is 2.32. The topological polar surface area (TPSA) is 89.3 Å². The molecule has 1 aliphatic carbocycles. The van der Waals surface area contributed by atoms with Crippen LogP contribution in [0.2, 0.25) is 0 Å². The van der Waals surface area contributed by atoms with Crippen molar-refractivity contribution in [1.82, 2.24) is 4.72 Å². The second kappa shape index (κ2) is 5.44. The van der Waals surface area contributed by atoms with Gasteiger partial charge in [-0.15, -0.1) is 11.6 Å². The van der Waals surface area contributed by atoms with Gasteiger partial charge < -0.3 is 0 Å². The predicted molar refractivity (Wildman–Crippen MR) is 70.7 cm³/mol. The molecule has 8 heteroatoms. The molecule has 1 saturated carbocycles. The zero-order valence-electron chi connectivity index (χ0n) is 9.95. The first kappa shape index (κ1) is 14.2. The van der Waals surface area contributed by atoms with Crippen LogP contribution in [0.15, 0.2) is 29.2 Å². The van der Waals surface area contributed by atoms with Crippen molar-refractivity contribution in [2.75, 3.05) is 0 Å². The van der Waals surface area contributed by atoms with Gasteiger partial charge in [-0.05, 0) is 18.9 Å². The van der Waals surface area contributed by atoms with Crippen LogP contribution in [0, 0.1) is 10.1 Å². The number of nitrogens with one attached hydrogen (secondary N) is 1. The Bertz CT molecular complexity index is 590. The lowest BCUT2D eigenvalue weighted by Crippen LogP contribution is -2.38. The van der Waals surface area contributed by atoms with E-state index >= 15 is 0 Å². The Morgan fingerprint density at radius 3 is 2.58 bits per heavy atom. The van der Waals surface area contributed by atoms with E-state index in [9.17, 15) is 18.5 Å². The Labute approximate surface area is 116 Å². The number of alkyl halides is 1. The van der Waals surface area contributed by atoms with Gasteiger partial charge in [0.05, 0.1) is 4.92 Å². The highest BCUT2D eigenvalue weighted by atomic mass is 35.5. The number of nitro benzene ring substituents is 1. The van der Waals surface area contributed by atoms with E-state index in [4.69, 9.17) is 11.6 Å². The van der Waals surface area contributed by atoms with Gasteiger partial charge in [0.2, 0.25) is 10.0 Å². The van der Waals surface area contributed by atoms with E-state index < -0.39 is 20.6 Å². The average Bonchev–Trinajstić information content (AvgIpc) is 2.74. The van der Waals surface area contributed by atoms with Gasteiger partial charge >= 0.3 is 0 Å². The molecule has 0 heterocycles. The molecule has 1 aromatic carbocycles. The van der Waals surface area contributed by atoms with Crippen molar-refractivity contribution in [3.63, 3.8) is 0 Å². The van der Waals surface area contributed by atoms with Crippen LogP contribution >= 0.6 is 11.6 Å². The zero-order valence-corrected chi connectivity index (χ0v) is 11.5. The van der Waals surface area contributed by atoms with Crippen LogP contribution in [0.3, 0.4) is 0 Å². The minimum absolute atomic E-state index is 0.266. The molecule has 0 bridgehead atoms. The molecule has 0 aliphatic heterocycles. The predicted octanol–water partition coefficient (Wildman–Crippen LogP) is 2.03. The maximum absolute atomic E-state index is 12.2.